The number of likely N-dealkylation sites (N-methyl/N-ethyl adjacent to an activating group) is 1. The van der Waals surface area contributed by atoms with Crippen molar-refractivity contribution in [3.63, 3.8) is 0 Å². The number of nitrogens with zero attached hydrogens (tertiary/aromatic N) is 1. The molecule has 31 heavy (non-hydrogen) atoms. The molecule has 0 aromatic heterocycles. The zero-order valence-electron chi connectivity index (χ0n) is 17.9. The third kappa shape index (κ3) is 6.96. The van der Waals surface area contributed by atoms with E-state index in [0.717, 1.165) is 30.7 Å². The number of benzene rings is 2. The van der Waals surface area contributed by atoms with E-state index in [4.69, 9.17) is 4.74 Å². The Bertz CT molecular complexity index is 885. The molecule has 1 heterocycles. The molecule has 0 radical (unpaired) electrons. The molecule has 2 aromatic rings. The van der Waals surface area contributed by atoms with Gasteiger partial charge in [0.05, 0.1) is 6.10 Å². The summed E-state index contributed by atoms with van der Waals surface area (Å²) in [6.07, 6.45) is 2.09. The number of amides is 3. The quantitative estimate of drug-likeness (QED) is 0.600. The van der Waals surface area contributed by atoms with E-state index >= 15 is 0 Å². The van der Waals surface area contributed by atoms with Gasteiger partial charge in [0.15, 0.2) is 0 Å². The Balaban J connectivity index is 1.45. The van der Waals surface area contributed by atoms with Crippen molar-refractivity contribution in [2.24, 2.45) is 0 Å². The molecular weight excluding hydrogens is 399 g/mol. The average molecular weight is 429 g/mol. The molecule has 0 spiro atoms. The van der Waals surface area contributed by atoms with Crippen LogP contribution in [0.5, 0.6) is 0 Å². The first kappa shape index (κ1) is 22.6. The number of ether oxygens (including phenoxy) is 1. The Hall–Kier alpha value is -3.13. The second-order valence-corrected chi connectivity index (χ2v) is 7.74. The van der Waals surface area contributed by atoms with E-state index in [-0.39, 0.29) is 23.9 Å². The SMILES string of the molecule is CC(Nc1ccc(NC(=O)NCC2CCCO2)cc1)C(=O)N(C)Cc1cccc(F)c1. The Morgan fingerprint density at radius 1 is 1.19 bits per heavy atom. The summed E-state index contributed by atoms with van der Waals surface area (Å²) in [4.78, 5) is 26.2. The minimum absolute atomic E-state index is 0.0930. The lowest BCUT2D eigenvalue weighted by atomic mass is 10.2. The summed E-state index contributed by atoms with van der Waals surface area (Å²) >= 11 is 0. The zero-order valence-corrected chi connectivity index (χ0v) is 17.9. The molecule has 166 valence electrons. The summed E-state index contributed by atoms with van der Waals surface area (Å²) in [6, 6.07) is 12.6. The summed E-state index contributed by atoms with van der Waals surface area (Å²) in [7, 11) is 1.69. The van der Waals surface area contributed by atoms with E-state index in [1.807, 2.05) is 0 Å². The Kier molecular flexibility index (Phi) is 7.83. The lowest BCUT2D eigenvalue weighted by Crippen LogP contribution is -2.38. The molecule has 1 aliphatic heterocycles. The van der Waals surface area contributed by atoms with E-state index in [9.17, 15) is 14.0 Å². The maximum absolute atomic E-state index is 13.3. The van der Waals surface area contributed by atoms with Gasteiger partial charge >= 0.3 is 6.03 Å². The molecule has 1 fully saturated rings. The van der Waals surface area contributed by atoms with Crippen LogP contribution in [-0.2, 0) is 16.1 Å². The molecule has 0 bridgehead atoms. The van der Waals surface area contributed by atoms with E-state index in [1.54, 1.807) is 55.3 Å². The fraction of sp³-hybridized carbons (Fsp3) is 0.391. The Morgan fingerprint density at radius 2 is 1.94 bits per heavy atom. The smallest absolute Gasteiger partial charge is 0.319 e. The minimum atomic E-state index is -0.466. The number of urea groups is 1. The molecule has 7 nitrogen and oxygen atoms in total. The van der Waals surface area contributed by atoms with Crippen molar-refractivity contribution in [2.75, 3.05) is 30.8 Å². The van der Waals surface area contributed by atoms with Gasteiger partial charge in [-0.15, -0.1) is 0 Å². The summed E-state index contributed by atoms with van der Waals surface area (Å²) in [5.74, 6) is -0.432. The van der Waals surface area contributed by atoms with Crippen molar-refractivity contribution in [3.05, 3.63) is 59.9 Å². The summed E-state index contributed by atoms with van der Waals surface area (Å²) in [5, 5.41) is 8.74. The lowest BCUT2D eigenvalue weighted by Gasteiger charge is -2.23. The van der Waals surface area contributed by atoms with Gasteiger partial charge in [-0.3, -0.25) is 4.79 Å². The summed E-state index contributed by atoms with van der Waals surface area (Å²) in [5.41, 5.74) is 2.14. The number of nitrogens with one attached hydrogen (secondary N) is 3. The minimum Gasteiger partial charge on any atom is -0.376 e. The van der Waals surface area contributed by atoms with Gasteiger partial charge in [-0.25, -0.2) is 9.18 Å². The largest absolute Gasteiger partial charge is 0.376 e. The van der Waals surface area contributed by atoms with Gasteiger partial charge in [-0.2, -0.15) is 0 Å². The molecule has 1 aliphatic rings. The maximum atomic E-state index is 13.3. The molecule has 2 atom stereocenters. The van der Waals surface area contributed by atoms with Crippen LogP contribution in [0.3, 0.4) is 0 Å². The van der Waals surface area contributed by atoms with E-state index in [0.29, 0.717) is 18.8 Å². The molecule has 2 aromatic carbocycles. The number of carbonyl (C=O) groups excluding carboxylic acids is 2. The number of anilines is 2. The first-order valence-electron chi connectivity index (χ1n) is 10.4. The second kappa shape index (κ2) is 10.8. The van der Waals surface area contributed by atoms with Crippen molar-refractivity contribution in [2.45, 2.75) is 38.5 Å². The maximum Gasteiger partial charge on any atom is 0.319 e. The van der Waals surface area contributed by atoms with E-state index < -0.39 is 6.04 Å². The third-order valence-corrected chi connectivity index (χ3v) is 5.10. The van der Waals surface area contributed by atoms with Crippen molar-refractivity contribution < 1.29 is 18.7 Å². The molecule has 3 rings (SSSR count). The Labute approximate surface area is 182 Å². The van der Waals surface area contributed by atoms with Crippen LogP contribution in [0.4, 0.5) is 20.6 Å². The molecule has 3 amide bonds. The molecule has 0 saturated carbocycles. The number of halogens is 1. The van der Waals surface area contributed by atoms with E-state index in [2.05, 4.69) is 16.0 Å². The van der Waals surface area contributed by atoms with Crippen LogP contribution in [0, 0.1) is 5.82 Å². The van der Waals surface area contributed by atoms with Gasteiger partial charge in [0.25, 0.3) is 0 Å². The van der Waals surface area contributed by atoms with Gasteiger partial charge in [-0.05, 0) is 61.7 Å². The molecule has 3 N–H and O–H groups in total. The highest BCUT2D eigenvalue weighted by Gasteiger charge is 2.18. The van der Waals surface area contributed by atoms with Gasteiger partial charge in [-0.1, -0.05) is 12.1 Å². The number of hydrogen-bond donors (Lipinski definition) is 3. The van der Waals surface area contributed by atoms with Crippen LogP contribution in [-0.4, -0.2) is 49.2 Å². The highest BCUT2D eigenvalue weighted by molar-refractivity contribution is 5.89. The zero-order chi connectivity index (χ0) is 22.2. The first-order valence-corrected chi connectivity index (χ1v) is 10.4. The number of hydrogen-bond acceptors (Lipinski definition) is 4. The van der Waals surface area contributed by atoms with Gasteiger partial charge in [0, 0.05) is 38.1 Å². The van der Waals surface area contributed by atoms with Crippen LogP contribution in [0.15, 0.2) is 48.5 Å². The summed E-state index contributed by atoms with van der Waals surface area (Å²) < 4.78 is 18.8. The van der Waals surface area contributed by atoms with Crippen LogP contribution < -0.4 is 16.0 Å². The molecular formula is C23H29FN4O3. The number of carbonyl (C=O) groups is 2. The average Bonchev–Trinajstić information content (AvgIpc) is 3.27. The monoisotopic (exact) mass is 428 g/mol. The van der Waals surface area contributed by atoms with Crippen LogP contribution >= 0.6 is 0 Å². The van der Waals surface area contributed by atoms with Crippen molar-refractivity contribution in [3.8, 4) is 0 Å². The van der Waals surface area contributed by atoms with Crippen LogP contribution in [0.2, 0.25) is 0 Å². The van der Waals surface area contributed by atoms with Gasteiger partial charge in [0.1, 0.15) is 11.9 Å². The first-order chi connectivity index (χ1) is 14.9. The topological polar surface area (TPSA) is 82.7 Å². The number of rotatable bonds is 8. The van der Waals surface area contributed by atoms with E-state index in [1.165, 1.54) is 12.1 Å². The van der Waals surface area contributed by atoms with Crippen molar-refractivity contribution >= 4 is 23.3 Å². The van der Waals surface area contributed by atoms with Crippen molar-refractivity contribution in [1.29, 1.82) is 0 Å². The molecule has 0 aliphatic carbocycles. The van der Waals surface area contributed by atoms with Crippen molar-refractivity contribution in [1.82, 2.24) is 10.2 Å². The summed E-state index contributed by atoms with van der Waals surface area (Å²) in [6.45, 7) is 3.35. The fourth-order valence-corrected chi connectivity index (χ4v) is 3.47. The third-order valence-electron chi connectivity index (χ3n) is 5.10. The standard InChI is InChI=1S/C23H29FN4O3/c1-16(22(29)28(2)15-17-5-3-6-18(24)13-17)26-19-8-10-20(11-9-19)27-23(30)25-14-21-7-4-12-31-21/h3,5-6,8-11,13,16,21,26H,4,7,12,14-15H2,1-2H3,(H2,25,27,30). The highest BCUT2D eigenvalue weighted by Crippen LogP contribution is 2.16. The van der Waals surface area contributed by atoms with Gasteiger partial charge < -0.3 is 25.6 Å². The second-order valence-electron chi connectivity index (χ2n) is 7.74. The van der Waals surface area contributed by atoms with Crippen LogP contribution in [0.25, 0.3) is 0 Å². The predicted molar refractivity (Wildman–Crippen MR) is 118 cm³/mol. The highest BCUT2D eigenvalue weighted by atomic mass is 19.1. The normalized spacial score (nSPS) is 16.4. The Morgan fingerprint density at radius 3 is 2.61 bits per heavy atom. The molecule has 2 unspecified atom stereocenters. The lowest BCUT2D eigenvalue weighted by molar-refractivity contribution is -0.130. The van der Waals surface area contributed by atoms with Crippen LogP contribution in [0.1, 0.15) is 25.3 Å². The fourth-order valence-electron chi connectivity index (χ4n) is 3.47. The predicted octanol–water partition coefficient (Wildman–Crippen LogP) is 3.59. The van der Waals surface area contributed by atoms with Gasteiger partial charge in [0.2, 0.25) is 5.91 Å². The molecule has 8 heteroatoms. The molecule has 1 saturated heterocycles.